The van der Waals surface area contributed by atoms with Crippen LogP contribution in [-0.2, 0) is 22.6 Å². The molecule has 144 valence electrons. The molecule has 1 aromatic carbocycles. The Balaban J connectivity index is 1.29. The fourth-order valence-electron chi connectivity index (χ4n) is 3.94. The molecule has 2 aliphatic heterocycles. The van der Waals surface area contributed by atoms with Gasteiger partial charge in [0.15, 0.2) is 0 Å². The number of anilines is 1. The molecule has 27 heavy (non-hydrogen) atoms. The van der Waals surface area contributed by atoms with Crippen LogP contribution in [0.1, 0.15) is 24.2 Å². The molecule has 1 fully saturated rings. The number of ether oxygens (including phenoxy) is 1. The van der Waals surface area contributed by atoms with E-state index in [1.54, 1.807) is 0 Å². The van der Waals surface area contributed by atoms with E-state index in [1.165, 1.54) is 11.3 Å². The maximum Gasteiger partial charge on any atom is 0.238 e. The van der Waals surface area contributed by atoms with Gasteiger partial charge in [-0.15, -0.1) is 0 Å². The molecule has 1 aromatic heterocycles. The quantitative estimate of drug-likeness (QED) is 0.880. The lowest BCUT2D eigenvalue weighted by Crippen LogP contribution is -2.41. The van der Waals surface area contributed by atoms with Gasteiger partial charge in [0, 0.05) is 56.3 Å². The third-order valence-corrected chi connectivity index (χ3v) is 5.56. The fraction of sp³-hybridized carbons (Fsp3) is 0.476. The molecule has 0 saturated carbocycles. The molecular formula is C21H28N4O2. The van der Waals surface area contributed by atoms with Gasteiger partial charge in [0.2, 0.25) is 5.91 Å². The summed E-state index contributed by atoms with van der Waals surface area (Å²) >= 11 is 0. The monoisotopic (exact) mass is 368 g/mol. The number of nitrogens with zero attached hydrogens (tertiary/aromatic N) is 3. The lowest BCUT2D eigenvalue weighted by Gasteiger charge is -2.34. The fourth-order valence-corrected chi connectivity index (χ4v) is 3.94. The molecule has 3 heterocycles. The van der Waals surface area contributed by atoms with E-state index in [1.807, 2.05) is 12.1 Å². The first-order valence-corrected chi connectivity index (χ1v) is 9.77. The number of rotatable bonds is 5. The molecule has 1 unspecified atom stereocenters. The molecule has 1 amide bonds. The van der Waals surface area contributed by atoms with E-state index >= 15 is 0 Å². The Labute approximate surface area is 160 Å². The van der Waals surface area contributed by atoms with E-state index in [9.17, 15) is 4.79 Å². The van der Waals surface area contributed by atoms with Gasteiger partial charge in [0.25, 0.3) is 0 Å². The normalized spacial score (nSPS) is 21.0. The molecule has 0 spiro atoms. The van der Waals surface area contributed by atoms with Gasteiger partial charge in [0.1, 0.15) is 0 Å². The Bertz CT molecular complexity index is 765. The zero-order valence-corrected chi connectivity index (χ0v) is 15.9. The minimum atomic E-state index is 0.0442. The molecule has 0 radical (unpaired) electrons. The van der Waals surface area contributed by atoms with Crippen LogP contribution in [0.2, 0.25) is 0 Å². The molecule has 2 aromatic rings. The lowest BCUT2D eigenvalue weighted by molar-refractivity contribution is -0.118. The summed E-state index contributed by atoms with van der Waals surface area (Å²) in [6.07, 6.45) is 2.11. The van der Waals surface area contributed by atoms with Crippen molar-refractivity contribution >= 4 is 11.6 Å². The number of fused-ring (bicyclic) bond motifs is 1. The van der Waals surface area contributed by atoms with Crippen LogP contribution in [0.15, 0.2) is 42.6 Å². The van der Waals surface area contributed by atoms with Crippen LogP contribution >= 0.6 is 0 Å². The predicted molar refractivity (Wildman–Crippen MR) is 106 cm³/mol. The van der Waals surface area contributed by atoms with E-state index in [0.29, 0.717) is 6.54 Å². The summed E-state index contributed by atoms with van der Waals surface area (Å²) in [5, 5.41) is 3.04. The summed E-state index contributed by atoms with van der Waals surface area (Å²) in [5.41, 5.74) is 3.40. The smallest absolute Gasteiger partial charge is 0.238 e. The van der Waals surface area contributed by atoms with Crippen LogP contribution in [0.25, 0.3) is 0 Å². The zero-order valence-electron chi connectivity index (χ0n) is 15.9. The van der Waals surface area contributed by atoms with Crippen molar-refractivity contribution in [2.24, 2.45) is 0 Å². The summed E-state index contributed by atoms with van der Waals surface area (Å²) < 4.78 is 7.66. The number of hydrogen-bond donors (Lipinski definition) is 1. The van der Waals surface area contributed by atoms with Crippen LogP contribution < -0.4 is 5.32 Å². The summed E-state index contributed by atoms with van der Waals surface area (Å²) in [5.74, 6) is 0.0442. The number of morpholine rings is 1. The first-order valence-electron chi connectivity index (χ1n) is 9.77. The molecule has 1 atom stereocenters. The van der Waals surface area contributed by atoms with Crippen molar-refractivity contribution in [3.05, 3.63) is 53.9 Å². The number of amides is 1. The van der Waals surface area contributed by atoms with Crippen molar-refractivity contribution in [3.63, 3.8) is 0 Å². The van der Waals surface area contributed by atoms with Crippen molar-refractivity contribution < 1.29 is 9.53 Å². The van der Waals surface area contributed by atoms with Crippen LogP contribution in [0.5, 0.6) is 0 Å². The second kappa shape index (κ2) is 8.25. The summed E-state index contributed by atoms with van der Waals surface area (Å²) in [6.45, 7) is 8.95. The number of hydrogen-bond acceptors (Lipinski definition) is 4. The largest absolute Gasteiger partial charge is 0.379 e. The molecule has 2 aliphatic rings. The topological polar surface area (TPSA) is 49.7 Å². The second-order valence-electron chi connectivity index (χ2n) is 7.41. The Morgan fingerprint density at radius 3 is 2.67 bits per heavy atom. The number of benzene rings is 1. The molecule has 4 rings (SSSR count). The van der Waals surface area contributed by atoms with E-state index in [0.717, 1.165) is 51.6 Å². The van der Waals surface area contributed by atoms with Gasteiger partial charge in [-0.05, 0) is 36.8 Å². The first-order chi connectivity index (χ1) is 13.2. The van der Waals surface area contributed by atoms with Gasteiger partial charge >= 0.3 is 0 Å². The van der Waals surface area contributed by atoms with Crippen LogP contribution in [0, 0.1) is 0 Å². The lowest BCUT2D eigenvalue weighted by atomic mass is 10.1. The van der Waals surface area contributed by atoms with E-state index in [-0.39, 0.29) is 11.9 Å². The third kappa shape index (κ3) is 4.40. The van der Waals surface area contributed by atoms with E-state index < -0.39 is 0 Å². The predicted octanol–water partition coefficient (Wildman–Crippen LogP) is 2.34. The van der Waals surface area contributed by atoms with Crippen LogP contribution in [0.4, 0.5) is 5.69 Å². The second-order valence-corrected chi connectivity index (χ2v) is 7.41. The number of nitrogens with one attached hydrogen (secondary N) is 1. The average Bonchev–Trinajstić information content (AvgIpc) is 3.16. The SMILES string of the molecule is CC1c2cccn2CCN1CC(=O)Nc1ccc(CN2CCOCC2)cc1. The molecule has 6 nitrogen and oxygen atoms in total. The highest BCUT2D eigenvalue weighted by Gasteiger charge is 2.25. The Morgan fingerprint density at radius 1 is 1.11 bits per heavy atom. The van der Waals surface area contributed by atoms with Crippen LogP contribution in [-0.4, -0.2) is 59.7 Å². The molecular weight excluding hydrogens is 340 g/mol. The van der Waals surface area contributed by atoms with E-state index in [4.69, 9.17) is 4.74 Å². The highest BCUT2D eigenvalue weighted by molar-refractivity contribution is 5.92. The Kier molecular flexibility index (Phi) is 5.57. The number of aromatic nitrogens is 1. The highest BCUT2D eigenvalue weighted by Crippen LogP contribution is 2.25. The van der Waals surface area contributed by atoms with Gasteiger partial charge < -0.3 is 14.6 Å². The first kappa shape index (κ1) is 18.2. The van der Waals surface area contributed by atoms with Gasteiger partial charge in [-0.25, -0.2) is 0 Å². The van der Waals surface area contributed by atoms with Gasteiger partial charge in [0.05, 0.1) is 19.8 Å². The third-order valence-electron chi connectivity index (χ3n) is 5.56. The maximum atomic E-state index is 12.5. The minimum absolute atomic E-state index is 0.0442. The van der Waals surface area contributed by atoms with Crippen molar-refractivity contribution in [2.45, 2.75) is 26.1 Å². The Hall–Kier alpha value is -2.15. The Morgan fingerprint density at radius 2 is 1.89 bits per heavy atom. The van der Waals surface area contributed by atoms with Gasteiger partial charge in [-0.3, -0.25) is 14.6 Å². The number of carbonyl (C=O) groups excluding carboxylic acids is 1. The summed E-state index contributed by atoms with van der Waals surface area (Å²) in [6, 6.07) is 12.7. The zero-order chi connectivity index (χ0) is 18.6. The van der Waals surface area contributed by atoms with Gasteiger partial charge in [-0.2, -0.15) is 0 Å². The minimum Gasteiger partial charge on any atom is -0.379 e. The van der Waals surface area contributed by atoms with Crippen molar-refractivity contribution in [1.82, 2.24) is 14.4 Å². The molecule has 0 bridgehead atoms. The average molecular weight is 368 g/mol. The summed E-state index contributed by atoms with van der Waals surface area (Å²) in [4.78, 5) is 17.1. The van der Waals surface area contributed by atoms with Gasteiger partial charge in [-0.1, -0.05) is 12.1 Å². The highest BCUT2D eigenvalue weighted by atomic mass is 16.5. The van der Waals surface area contributed by atoms with Crippen molar-refractivity contribution in [3.8, 4) is 0 Å². The molecule has 0 aliphatic carbocycles. The molecule has 6 heteroatoms. The van der Waals surface area contributed by atoms with Crippen molar-refractivity contribution in [1.29, 1.82) is 0 Å². The van der Waals surface area contributed by atoms with Crippen molar-refractivity contribution in [2.75, 3.05) is 44.7 Å². The molecule has 1 saturated heterocycles. The summed E-state index contributed by atoms with van der Waals surface area (Å²) in [7, 11) is 0. The molecule has 1 N–H and O–H groups in total. The van der Waals surface area contributed by atoms with E-state index in [2.05, 4.69) is 57.1 Å². The standard InChI is InChI=1S/C21H28N4O2/c1-17-20-3-2-8-24(20)9-10-25(17)16-21(26)22-19-6-4-18(5-7-19)15-23-11-13-27-14-12-23/h2-8,17H,9-16H2,1H3,(H,22,26). The number of carbonyl (C=O) groups is 1. The van der Waals surface area contributed by atoms with Crippen LogP contribution in [0.3, 0.4) is 0 Å². The maximum absolute atomic E-state index is 12.5.